The number of nitrogens with two attached hydrogens (primary N) is 1. The second-order valence-electron chi connectivity index (χ2n) is 4.92. The molecule has 0 aliphatic carbocycles. The summed E-state index contributed by atoms with van der Waals surface area (Å²) < 4.78 is 5.54. The summed E-state index contributed by atoms with van der Waals surface area (Å²) in [6.45, 7) is 1.65. The SMILES string of the molecule is NC(c1ccnc2ccccc12)C1CCCOC1. The lowest BCUT2D eigenvalue weighted by Crippen LogP contribution is -2.29. The maximum absolute atomic E-state index is 6.43. The van der Waals surface area contributed by atoms with Crippen LogP contribution in [0, 0.1) is 5.92 Å². The van der Waals surface area contributed by atoms with E-state index in [1.54, 1.807) is 0 Å². The third-order valence-corrected chi connectivity index (χ3v) is 3.75. The van der Waals surface area contributed by atoms with Crippen molar-refractivity contribution in [2.45, 2.75) is 18.9 Å². The van der Waals surface area contributed by atoms with Gasteiger partial charge in [0.2, 0.25) is 0 Å². The zero-order chi connectivity index (χ0) is 12.4. The van der Waals surface area contributed by atoms with Crippen LogP contribution in [0.4, 0.5) is 0 Å². The normalized spacial score (nSPS) is 21.9. The minimum atomic E-state index is 0.0400. The van der Waals surface area contributed by atoms with E-state index in [9.17, 15) is 0 Å². The molecule has 18 heavy (non-hydrogen) atoms. The van der Waals surface area contributed by atoms with Gasteiger partial charge in [-0.05, 0) is 30.5 Å². The van der Waals surface area contributed by atoms with Gasteiger partial charge in [-0.2, -0.15) is 0 Å². The van der Waals surface area contributed by atoms with Gasteiger partial charge in [-0.1, -0.05) is 18.2 Å². The Labute approximate surface area is 107 Å². The molecule has 94 valence electrons. The van der Waals surface area contributed by atoms with E-state index in [1.165, 1.54) is 5.56 Å². The second-order valence-corrected chi connectivity index (χ2v) is 4.92. The first-order valence-electron chi connectivity index (χ1n) is 6.53. The quantitative estimate of drug-likeness (QED) is 0.880. The molecular weight excluding hydrogens is 224 g/mol. The Morgan fingerprint density at radius 1 is 1.28 bits per heavy atom. The van der Waals surface area contributed by atoms with Crippen LogP contribution in [-0.4, -0.2) is 18.2 Å². The Hall–Kier alpha value is -1.45. The number of nitrogens with zero attached hydrogens (tertiary/aromatic N) is 1. The molecule has 0 radical (unpaired) electrons. The summed E-state index contributed by atoms with van der Waals surface area (Å²) in [5.74, 6) is 0.421. The second kappa shape index (κ2) is 5.04. The number of hydrogen-bond donors (Lipinski definition) is 1. The first-order valence-corrected chi connectivity index (χ1v) is 6.53. The lowest BCUT2D eigenvalue weighted by molar-refractivity contribution is 0.0449. The average molecular weight is 242 g/mol. The first kappa shape index (κ1) is 11.6. The summed E-state index contributed by atoms with van der Waals surface area (Å²) in [4.78, 5) is 4.38. The van der Waals surface area contributed by atoms with Gasteiger partial charge in [-0.3, -0.25) is 4.98 Å². The molecule has 2 unspecified atom stereocenters. The standard InChI is InChI=1S/C15H18N2O/c16-15(11-4-3-9-18-10-11)13-7-8-17-14-6-2-1-5-12(13)14/h1-2,5-8,11,15H,3-4,9-10,16H2. The minimum absolute atomic E-state index is 0.0400. The van der Waals surface area contributed by atoms with Crippen LogP contribution < -0.4 is 5.73 Å². The lowest BCUT2D eigenvalue weighted by atomic mass is 9.88. The van der Waals surface area contributed by atoms with Crippen LogP contribution in [0.15, 0.2) is 36.5 Å². The fraction of sp³-hybridized carbons (Fsp3) is 0.400. The molecule has 1 aromatic heterocycles. The molecule has 1 fully saturated rings. The molecule has 3 rings (SSSR count). The summed E-state index contributed by atoms with van der Waals surface area (Å²) in [6, 6.07) is 10.3. The van der Waals surface area contributed by atoms with Crippen molar-refractivity contribution in [3.05, 3.63) is 42.1 Å². The molecule has 0 spiro atoms. The van der Waals surface area contributed by atoms with Crippen molar-refractivity contribution in [1.29, 1.82) is 0 Å². The van der Waals surface area contributed by atoms with Crippen LogP contribution in [0.2, 0.25) is 0 Å². The van der Waals surface area contributed by atoms with Gasteiger partial charge >= 0.3 is 0 Å². The third kappa shape index (κ3) is 2.11. The van der Waals surface area contributed by atoms with Crippen molar-refractivity contribution in [2.75, 3.05) is 13.2 Å². The molecule has 0 saturated carbocycles. The van der Waals surface area contributed by atoms with Gasteiger partial charge in [0.15, 0.2) is 0 Å². The molecule has 1 saturated heterocycles. The summed E-state index contributed by atoms with van der Waals surface area (Å²) in [5, 5.41) is 1.16. The van der Waals surface area contributed by atoms with E-state index in [2.05, 4.69) is 11.1 Å². The fourth-order valence-corrected chi connectivity index (χ4v) is 2.71. The highest BCUT2D eigenvalue weighted by molar-refractivity contribution is 5.82. The summed E-state index contributed by atoms with van der Waals surface area (Å²) in [5.41, 5.74) is 8.63. The highest BCUT2D eigenvalue weighted by Gasteiger charge is 2.23. The lowest BCUT2D eigenvalue weighted by Gasteiger charge is -2.28. The number of benzene rings is 1. The fourth-order valence-electron chi connectivity index (χ4n) is 2.71. The van der Waals surface area contributed by atoms with Gasteiger partial charge in [0.25, 0.3) is 0 Å². The van der Waals surface area contributed by atoms with Crippen molar-refractivity contribution in [3.63, 3.8) is 0 Å². The van der Waals surface area contributed by atoms with Crippen LogP contribution in [0.5, 0.6) is 0 Å². The van der Waals surface area contributed by atoms with Gasteiger partial charge < -0.3 is 10.5 Å². The molecule has 3 heteroatoms. The summed E-state index contributed by atoms with van der Waals surface area (Å²) >= 11 is 0. The van der Waals surface area contributed by atoms with Crippen molar-refractivity contribution in [2.24, 2.45) is 11.7 Å². The van der Waals surface area contributed by atoms with Crippen molar-refractivity contribution < 1.29 is 4.74 Å². The largest absolute Gasteiger partial charge is 0.381 e. The Kier molecular flexibility index (Phi) is 3.26. The predicted octanol–water partition coefficient (Wildman–Crippen LogP) is 2.66. The molecule has 1 aromatic carbocycles. The zero-order valence-corrected chi connectivity index (χ0v) is 10.4. The van der Waals surface area contributed by atoms with Gasteiger partial charge in [0.1, 0.15) is 0 Å². The summed E-state index contributed by atoms with van der Waals surface area (Å²) in [6.07, 6.45) is 4.11. The van der Waals surface area contributed by atoms with E-state index in [0.29, 0.717) is 5.92 Å². The predicted molar refractivity (Wildman–Crippen MR) is 72.2 cm³/mol. The van der Waals surface area contributed by atoms with Gasteiger partial charge in [-0.25, -0.2) is 0 Å². The molecule has 0 amide bonds. The smallest absolute Gasteiger partial charge is 0.0705 e. The number of rotatable bonds is 2. The van der Waals surface area contributed by atoms with E-state index in [1.807, 2.05) is 30.5 Å². The summed E-state index contributed by atoms with van der Waals surface area (Å²) in [7, 11) is 0. The monoisotopic (exact) mass is 242 g/mol. The topological polar surface area (TPSA) is 48.1 Å². The molecule has 2 atom stereocenters. The molecule has 0 bridgehead atoms. The maximum atomic E-state index is 6.43. The van der Waals surface area contributed by atoms with Crippen LogP contribution in [0.3, 0.4) is 0 Å². The third-order valence-electron chi connectivity index (χ3n) is 3.75. The van der Waals surface area contributed by atoms with Gasteiger partial charge in [0, 0.05) is 30.1 Å². The molecule has 1 aliphatic rings. The van der Waals surface area contributed by atoms with E-state index < -0.39 is 0 Å². The van der Waals surface area contributed by atoms with E-state index in [-0.39, 0.29) is 6.04 Å². The average Bonchev–Trinajstić information content (AvgIpc) is 2.47. The Bertz CT molecular complexity index is 530. The van der Waals surface area contributed by atoms with Crippen molar-refractivity contribution in [1.82, 2.24) is 4.98 Å². The number of aromatic nitrogens is 1. The Morgan fingerprint density at radius 2 is 2.17 bits per heavy atom. The molecular formula is C15H18N2O. The molecule has 2 heterocycles. The number of fused-ring (bicyclic) bond motifs is 1. The minimum Gasteiger partial charge on any atom is -0.381 e. The van der Waals surface area contributed by atoms with Crippen LogP contribution >= 0.6 is 0 Å². The number of hydrogen-bond acceptors (Lipinski definition) is 3. The highest BCUT2D eigenvalue weighted by Crippen LogP contribution is 2.30. The van der Waals surface area contributed by atoms with Crippen molar-refractivity contribution in [3.8, 4) is 0 Å². The highest BCUT2D eigenvalue weighted by atomic mass is 16.5. The number of pyridine rings is 1. The molecule has 3 nitrogen and oxygen atoms in total. The molecule has 2 aromatic rings. The van der Waals surface area contributed by atoms with Crippen LogP contribution in [0.25, 0.3) is 10.9 Å². The first-order chi connectivity index (χ1) is 8.86. The van der Waals surface area contributed by atoms with E-state index in [0.717, 1.165) is 37.0 Å². The molecule has 1 aliphatic heterocycles. The van der Waals surface area contributed by atoms with E-state index >= 15 is 0 Å². The molecule has 2 N–H and O–H groups in total. The zero-order valence-electron chi connectivity index (χ0n) is 10.4. The van der Waals surface area contributed by atoms with Gasteiger partial charge in [0.05, 0.1) is 12.1 Å². The van der Waals surface area contributed by atoms with Crippen LogP contribution in [0.1, 0.15) is 24.4 Å². The number of para-hydroxylation sites is 1. The van der Waals surface area contributed by atoms with Gasteiger partial charge in [-0.15, -0.1) is 0 Å². The van der Waals surface area contributed by atoms with E-state index in [4.69, 9.17) is 10.5 Å². The van der Waals surface area contributed by atoms with Crippen LogP contribution in [-0.2, 0) is 4.74 Å². The Balaban J connectivity index is 1.97. The van der Waals surface area contributed by atoms with Crippen molar-refractivity contribution >= 4 is 10.9 Å². The number of ether oxygens (including phenoxy) is 1. The Morgan fingerprint density at radius 3 is 3.00 bits per heavy atom. The maximum Gasteiger partial charge on any atom is 0.0705 e.